The standard InChI is InChI=1S/C16H30F3N5O2S.HI/c1-3-20-15(21-11-13-5-8-23(4-2)12-13)22-14-6-9-24(10-7-14)27(25,26)16(17,18)19;/h13-14H,3-12H2,1-2H3,(H2,20,21,22);1H. The molecule has 2 aliphatic heterocycles. The van der Waals surface area contributed by atoms with Gasteiger partial charge in [-0.3, -0.25) is 4.99 Å². The summed E-state index contributed by atoms with van der Waals surface area (Å²) in [7, 11) is -5.24. The predicted molar refractivity (Wildman–Crippen MR) is 114 cm³/mol. The van der Waals surface area contributed by atoms with Crippen molar-refractivity contribution in [1.29, 1.82) is 0 Å². The second-order valence-electron chi connectivity index (χ2n) is 7.04. The number of aliphatic imine (C=N–C) groups is 1. The molecule has 2 rings (SSSR count). The van der Waals surface area contributed by atoms with Gasteiger partial charge in [0.25, 0.3) is 0 Å². The summed E-state index contributed by atoms with van der Waals surface area (Å²) in [5.74, 6) is 1.16. The van der Waals surface area contributed by atoms with Crippen LogP contribution in [-0.4, -0.2) is 80.9 Å². The average Bonchev–Trinajstić information content (AvgIpc) is 3.07. The minimum Gasteiger partial charge on any atom is -0.357 e. The van der Waals surface area contributed by atoms with Crippen LogP contribution in [0.15, 0.2) is 4.99 Å². The quantitative estimate of drug-likeness (QED) is 0.305. The zero-order valence-electron chi connectivity index (χ0n) is 16.3. The van der Waals surface area contributed by atoms with E-state index in [1.807, 2.05) is 6.92 Å². The normalized spacial score (nSPS) is 23.5. The second-order valence-corrected chi connectivity index (χ2v) is 8.97. The van der Waals surface area contributed by atoms with E-state index in [9.17, 15) is 21.6 Å². The summed E-state index contributed by atoms with van der Waals surface area (Å²) < 4.78 is 61.4. The van der Waals surface area contributed by atoms with Gasteiger partial charge in [0, 0.05) is 38.8 Å². The molecule has 0 aliphatic carbocycles. The highest BCUT2D eigenvalue weighted by molar-refractivity contribution is 14.0. The molecule has 1 unspecified atom stereocenters. The van der Waals surface area contributed by atoms with Gasteiger partial charge in [-0.1, -0.05) is 6.92 Å². The average molecular weight is 541 g/mol. The minimum absolute atomic E-state index is 0. The smallest absolute Gasteiger partial charge is 0.357 e. The van der Waals surface area contributed by atoms with Crippen molar-refractivity contribution < 1.29 is 21.6 Å². The van der Waals surface area contributed by atoms with Crippen LogP contribution in [0.2, 0.25) is 0 Å². The highest BCUT2D eigenvalue weighted by Gasteiger charge is 2.50. The van der Waals surface area contributed by atoms with Crippen LogP contribution in [-0.2, 0) is 10.0 Å². The number of likely N-dealkylation sites (tertiary alicyclic amines) is 1. The lowest BCUT2D eigenvalue weighted by atomic mass is 10.1. The lowest BCUT2D eigenvalue weighted by molar-refractivity contribution is -0.0494. The summed E-state index contributed by atoms with van der Waals surface area (Å²) in [5.41, 5.74) is -5.24. The van der Waals surface area contributed by atoms with Crippen LogP contribution in [0.25, 0.3) is 0 Å². The van der Waals surface area contributed by atoms with Gasteiger partial charge in [-0.15, -0.1) is 24.0 Å². The van der Waals surface area contributed by atoms with Gasteiger partial charge in [-0.25, -0.2) is 8.42 Å². The number of nitrogens with zero attached hydrogens (tertiary/aromatic N) is 3. The molecule has 1 atom stereocenters. The number of halogens is 4. The zero-order valence-corrected chi connectivity index (χ0v) is 19.5. The van der Waals surface area contributed by atoms with E-state index in [0.717, 1.165) is 26.1 Å². The molecule has 7 nitrogen and oxygen atoms in total. The van der Waals surface area contributed by atoms with E-state index in [1.54, 1.807) is 0 Å². The van der Waals surface area contributed by atoms with E-state index >= 15 is 0 Å². The monoisotopic (exact) mass is 541 g/mol. The van der Waals surface area contributed by atoms with Crippen LogP contribution in [0.4, 0.5) is 13.2 Å². The molecule has 0 bridgehead atoms. The summed E-state index contributed by atoms with van der Waals surface area (Å²) in [6, 6.07) is -0.0989. The third-order valence-corrected chi connectivity index (χ3v) is 6.73. The van der Waals surface area contributed by atoms with Crippen LogP contribution in [0, 0.1) is 5.92 Å². The van der Waals surface area contributed by atoms with E-state index in [-0.39, 0.29) is 43.1 Å². The van der Waals surface area contributed by atoms with Crippen LogP contribution in [0.1, 0.15) is 33.1 Å². The SMILES string of the molecule is CCNC(=NCC1CCN(CC)C1)NC1CCN(S(=O)(=O)C(F)(F)F)CC1.I. The summed E-state index contributed by atoms with van der Waals surface area (Å²) in [6.07, 6.45) is 1.74. The van der Waals surface area contributed by atoms with Crippen molar-refractivity contribution in [3.63, 3.8) is 0 Å². The predicted octanol–water partition coefficient (Wildman–Crippen LogP) is 1.82. The molecule has 0 saturated carbocycles. The summed E-state index contributed by atoms with van der Waals surface area (Å²) in [5, 5.41) is 6.40. The van der Waals surface area contributed by atoms with E-state index in [2.05, 4.69) is 27.4 Å². The third-order valence-electron chi connectivity index (χ3n) is 5.10. The van der Waals surface area contributed by atoms with Gasteiger partial charge in [0.2, 0.25) is 0 Å². The Morgan fingerprint density at radius 3 is 2.29 bits per heavy atom. The maximum absolute atomic E-state index is 12.6. The molecule has 0 aromatic heterocycles. The highest BCUT2D eigenvalue weighted by Crippen LogP contribution is 2.28. The van der Waals surface area contributed by atoms with E-state index in [1.165, 1.54) is 0 Å². The Balaban J connectivity index is 0.00000392. The van der Waals surface area contributed by atoms with Crippen molar-refractivity contribution in [2.24, 2.45) is 10.9 Å². The van der Waals surface area contributed by atoms with Gasteiger partial charge in [-0.2, -0.15) is 17.5 Å². The third kappa shape index (κ3) is 6.87. The van der Waals surface area contributed by atoms with Crippen molar-refractivity contribution in [3.05, 3.63) is 0 Å². The molecular formula is C16H31F3IN5O2S. The van der Waals surface area contributed by atoms with Gasteiger partial charge >= 0.3 is 15.5 Å². The molecule has 2 aliphatic rings. The fourth-order valence-electron chi connectivity index (χ4n) is 3.47. The molecular weight excluding hydrogens is 510 g/mol. The molecule has 0 radical (unpaired) electrons. The van der Waals surface area contributed by atoms with Crippen molar-refractivity contribution in [2.45, 2.75) is 44.7 Å². The summed E-state index contributed by atoms with van der Waals surface area (Å²) in [6.45, 7) is 8.34. The molecule has 166 valence electrons. The first-order valence-electron chi connectivity index (χ1n) is 9.51. The van der Waals surface area contributed by atoms with Crippen LogP contribution in [0.3, 0.4) is 0 Å². The summed E-state index contributed by atoms with van der Waals surface area (Å²) in [4.78, 5) is 7.01. The van der Waals surface area contributed by atoms with Crippen molar-refractivity contribution in [1.82, 2.24) is 19.8 Å². The number of hydrogen-bond acceptors (Lipinski definition) is 4. The molecule has 0 aromatic rings. The number of sulfonamides is 1. The van der Waals surface area contributed by atoms with Crippen molar-refractivity contribution in [2.75, 3.05) is 45.8 Å². The Hall–Kier alpha value is -0.340. The highest BCUT2D eigenvalue weighted by atomic mass is 127. The van der Waals surface area contributed by atoms with Crippen molar-refractivity contribution >= 4 is 40.0 Å². The first kappa shape index (κ1) is 25.7. The van der Waals surface area contributed by atoms with Crippen LogP contribution in [0.5, 0.6) is 0 Å². The first-order chi connectivity index (χ1) is 12.7. The lowest BCUT2D eigenvalue weighted by Gasteiger charge is -2.32. The maximum atomic E-state index is 12.6. The van der Waals surface area contributed by atoms with Crippen LogP contribution < -0.4 is 10.6 Å². The lowest BCUT2D eigenvalue weighted by Crippen LogP contribution is -2.51. The number of hydrogen-bond donors (Lipinski definition) is 2. The molecule has 2 fully saturated rings. The summed E-state index contributed by atoms with van der Waals surface area (Å²) >= 11 is 0. The number of rotatable bonds is 6. The largest absolute Gasteiger partial charge is 0.511 e. The minimum atomic E-state index is -5.24. The first-order valence-corrected chi connectivity index (χ1v) is 10.9. The molecule has 12 heteroatoms. The Bertz CT molecular complexity index is 610. The van der Waals surface area contributed by atoms with E-state index in [4.69, 9.17) is 0 Å². The number of guanidine groups is 1. The van der Waals surface area contributed by atoms with Gasteiger partial charge in [0.15, 0.2) is 5.96 Å². The number of alkyl halides is 3. The Kier molecular flexibility index (Phi) is 10.2. The molecule has 2 saturated heterocycles. The Labute approximate surface area is 182 Å². The molecule has 2 heterocycles. The fourth-order valence-corrected chi connectivity index (χ4v) is 4.45. The second kappa shape index (κ2) is 11.2. The fraction of sp³-hybridized carbons (Fsp3) is 0.938. The zero-order chi connectivity index (χ0) is 20.1. The Morgan fingerprint density at radius 2 is 1.79 bits per heavy atom. The van der Waals surface area contributed by atoms with Gasteiger partial charge in [0.05, 0.1) is 0 Å². The van der Waals surface area contributed by atoms with Gasteiger partial charge in [-0.05, 0) is 45.2 Å². The molecule has 2 N–H and O–H groups in total. The van der Waals surface area contributed by atoms with E-state index in [0.29, 0.717) is 42.1 Å². The van der Waals surface area contributed by atoms with Gasteiger partial charge in [0.1, 0.15) is 0 Å². The Morgan fingerprint density at radius 1 is 1.14 bits per heavy atom. The molecule has 0 spiro atoms. The van der Waals surface area contributed by atoms with E-state index < -0.39 is 15.5 Å². The molecule has 28 heavy (non-hydrogen) atoms. The molecule has 0 amide bonds. The maximum Gasteiger partial charge on any atom is 0.511 e. The number of piperidine rings is 1. The van der Waals surface area contributed by atoms with Crippen LogP contribution >= 0.6 is 24.0 Å². The van der Waals surface area contributed by atoms with Crippen molar-refractivity contribution in [3.8, 4) is 0 Å². The number of nitrogens with one attached hydrogen (secondary N) is 2. The molecule has 0 aromatic carbocycles. The topological polar surface area (TPSA) is 77.0 Å². The van der Waals surface area contributed by atoms with Gasteiger partial charge < -0.3 is 15.5 Å².